The first-order valence-electron chi connectivity index (χ1n) is 14.3. The summed E-state index contributed by atoms with van der Waals surface area (Å²) in [5.41, 5.74) is 5.89. The summed E-state index contributed by atoms with van der Waals surface area (Å²) < 4.78 is 11.2. The summed E-state index contributed by atoms with van der Waals surface area (Å²) in [4.78, 5) is 43.8. The monoisotopic (exact) mass is 584 g/mol. The van der Waals surface area contributed by atoms with Crippen molar-refractivity contribution >= 4 is 46.5 Å². The molecule has 0 saturated heterocycles. The number of rotatable bonds is 8. The minimum atomic E-state index is -1.15. The second kappa shape index (κ2) is 12.2. The van der Waals surface area contributed by atoms with Crippen molar-refractivity contribution in [3.63, 3.8) is 0 Å². The fraction of sp³-hybridized carbons (Fsp3) is 0.333. The Morgan fingerprint density at radius 3 is 2.58 bits per heavy atom. The van der Waals surface area contributed by atoms with E-state index in [-0.39, 0.29) is 18.7 Å². The van der Waals surface area contributed by atoms with E-state index >= 15 is 0 Å². The van der Waals surface area contributed by atoms with Crippen molar-refractivity contribution < 1.29 is 28.6 Å². The molecular weight excluding hydrogens is 548 g/mol. The molecule has 0 bridgehead atoms. The van der Waals surface area contributed by atoms with Gasteiger partial charge >= 0.3 is 12.1 Å². The Hall–Kier alpha value is -4.86. The number of nitrogens with zero attached hydrogens (tertiary/aromatic N) is 2. The van der Waals surface area contributed by atoms with Crippen molar-refractivity contribution in [2.45, 2.75) is 65.0 Å². The molecule has 4 aromatic rings. The van der Waals surface area contributed by atoms with Crippen LogP contribution in [0.4, 0.5) is 22.2 Å². The molecule has 2 amide bonds. The van der Waals surface area contributed by atoms with Gasteiger partial charge in [-0.2, -0.15) is 4.98 Å². The van der Waals surface area contributed by atoms with Crippen LogP contribution in [0.15, 0.2) is 65.1 Å². The van der Waals surface area contributed by atoms with Crippen LogP contribution in [-0.2, 0) is 33.6 Å². The number of fused-ring (bicyclic) bond motifs is 2. The van der Waals surface area contributed by atoms with Gasteiger partial charge in [-0.1, -0.05) is 36.4 Å². The number of carbonyl (C=O) groups is 3. The van der Waals surface area contributed by atoms with Crippen LogP contribution in [-0.4, -0.2) is 46.2 Å². The fourth-order valence-corrected chi connectivity index (χ4v) is 5.15. The van der Waals surface area contributed by atoms with Crippen LogP contribution in [0.1, 0.15) is 49.4 Å². The molecule has 10 heteroatoms. The van der Waals surface area contributed by atoms with Crippen LogP contribution >= 0.6 is 0 Å². The average molecular weight is 585 g/mol. The Bertz CT molecular complexity index is 1670. The van der Waals surface area contributed by atoms with E-state index in [1.165, 1.54) is 0 Å². The molecule has 5 rings (SSSR count). The highest BCUT2D eigenvalue weighted by molar-refractivity contribution is 5.96. The lowest BCUT2D eigenvalue weighted by Crippen LogP contribution is -2.44. The lowest BCUT2D eigenvalue weighted by Gasteiger charge is -2.30. The Labute approximate surface area is 250 Å². The maximum atomic E-state index is 13.5. The van der Waals surface area contributed by atoms with Crippen molar-refractivity contribution in [1.29, 1.82) is 0 Å². The van der Waals surface area contributed by atoms with E-state index in [1.54, 1.807) is 31.7 Å². The molecule has 1 aromatic heterocycles. The molecule has 224 valence electrons. The number of carboxylic acid groups (broad SMARTS) is 1. The van der Waals surface area contributed by atoms with E-state index in [2.05, 4.69) is 15.6 Å². The highest BCUT2D eigenvalue weighted by Crippen LogP contribution is 2.30. The maximum Gasteiger partial charge on any atom is 0.408 e. The van der Waals surface area contributed by atoms with Crippen molar-refractivity contribution in [2.24, 2.45) is 0 Å². The van der Waals surface area contributed by atoms with Gasteiger partial charge < -0.3 is 29.8 Å². The molecular formula is C33H36N4O6. The second-order valence-corrected chi connectivity index (χ2v) is 11.8. The van der Waals surface area contributed by atoms with Gasteiger partial charge in [-0.15, -0.1) is 0 Å². The summed E-state index contributed by atoms with van der Waals surface area (Å²) >= 11 is 0. The van der Waals surface area contributed by atoms with Gasteiger partial charge in [-0.25, -0.2) is 9.59 Å². The first-order valence-corrected chi connectivity index (χ1v) is 14.3. The van der Waals surface area contributed by atoms with Crippen molar-refractivity contribution in [3.05, 3.63) is 82.9 Å². The molecule has 1 aliphatic heterocycles. The molecule has 0 radical (unpaired) electrons. The van der Waals surface area contributed by atoms with Crippen LogP contribution < -0.4 is 15.5 Å². The SMILES string of the molecule is Cc1ccccc1Nc1nc2ccc(CC(=O)N3CCCc4cc(C[C@H](NC(=O)OC(C)(C)C)C(=O)O)ccc43)cc2o1. The molecule has 0 fully saturated rings. The van der Waals surface area contributed by atoms with Crippen molar-refractivity contribution in [3.8, 4) is 0 Å². The normalized spacial score (nSPS) is 13.7. The van der Waals surface area contributed by atoms with E-state index in [0.29, 0.717) is 23.7 Å². The average Bonchev–Trinajstić information content (AvgIpc) is 3.34. The van der Waals surface area contributed by atoms with Gasteiger partial charge in [-0.3, -0.25) is 4.79 Å². The zero-order valence-electron chi connectivity index (χ0n) is 24.8. The number of hydrogen-bond acceptors (Lipinski definition) is 7. The number of oxazole rings is 1. The van der Waals surface area contributed by atoms with Crippen LogP contribution in [0.3, 0.4) is 0 Å². The van der Waals surface area contributed by atoms with Gasteiger partial charge in [0, 0.05) is 24.3 Å². The quantitative estimate of drug-likeness (QED) is 0.232. The molecule has 0 saturated carbocycles. The lowest BCUT2D eigenvalue weighted by molar-refractivity contribution is -0.139. The van der Waals surface area contributed by atoms with Gasteiger partial charge in [0.2, 0.25) is 5.91 Å². The minimum Gasteiger partial charge on any atom is -0.480 e. The zero-order chi connectivity index (χ0) is 30.7. The highest BCUT2D eigenvalue weighted by Gasteiger charge is 2.27. The number of nitrogens with one attached hydrogen (secondary N) is 2. The van der Waals surface area contributed by atoms with E-state index in [1.807, 2.05) is 61.5 Å². The number of aromatic nitrogens is 1. The van der Waals surface area contributed by atoms with E-state index in [9.17, 15) is 19.5 Å². The number of para-hydroxylation sites is 1. The molecule has 3 N–H and O–H groups in total. The Balaban J connectivity index is 1.27. The number of aryl methyl sites for hydroxylation is 2. The summed E-state index contributed by atoms with van der Waals surface area (Å²) in [5.74, 6) is -1.19. The second-order valence-electron chi connectivity index (χ2n) is 11.8. The number of ether oxygens (including phenoxy) is 1. The van der Waals surface area contributed by atoms with E-state index in [0.717, 1.165) is 46.5 Å². The summed E-state index contributed by atoms with van der Waals surface area (Å²) in [5, 5.41) is 15.3. The molecule has 3 aromatic carbocycles. The third-order valence-electron chi connectivity index (χ3n) is 7.19. The van der Waals surface area contributed by atoms with Gasteiger partial charge in [-0.05, 0) is 87.1 Å². The van der Waals surface area contributed by atoms with Crippen LogP contribution in [0.5, 0.6) is 0 Å². The molecule has 1 aliphatic rings. The van der Waals surface area contributed by atoms with Crippen molar-refractivity contribution in [1.82, 2.24) is 10.3 Å². The van der Waals surface area contributed by atoms with Gasteiger partial charge in [0.15, 0.2) is 5.58 Å². The molecule has 0 aliphatic carbocycles. The molecule has 0 spiro atoms. The van der Waals surface area contributed by atoms with E-state index < -0.39 is 23.7 Å². The molecule has 1 atom stereocenters. The first-order chi connectivity index (χ1) is 20.4. The van der Waals surface area contributed by atoms with Crippen LogP contribution in [0.25, 0.3) is 11.1 Å². The smallest absolute Gasteiger partial charge is 0.408 e. The topological polar surface area (TPSA) is 134 Å². The number of alkyl carbamates (subject to hydrolysis) is 1. The number of amides is 2. The van der Waals surface area contributed by atoms with Crippen LogP contribution in [0, 0.1) is 6.92 Å². The maximum absolute atomic E-state index is 13.5. The Kier molecular flexibility index (Phi) is 8.38. The molecule has 10 nitrogen and oxygen atoms in total. The standard InChI is InChI=1S/C33H36N4O6/c1-20-8-5-6-10-24(20)34-31-35-25-13-11-22(18-28(25)42-31)19-29(38)37-15-7-9-23-16-21(12-14-27(23)37)17-26(30(39)40)36-32(41)43-33(2,3)4/h5-6,8,10-14,16,18,26H,7,9,15,17,19H2,1-4H3,(H,34,35)(H,36,41)(H,39,40)/t26-/m0/s1. The number of carbonyl (C=O) groups excluding carboxylic acids is 2. The Morgan fingerprint density at radius 2 is 1.84 bits per heavy atom. The molecule has 43 heavy (non-hydrogen) atoms. The van der Waals surface area contributed by atoms with Crippen molar-refractivity contribution in [2.75, 3.05) is 16.8 Å². The molecule has 0 unspecified atom stereocenters. The zero-order valence-corrected chi connectivity index (χ0v) is 24.8. The highest BCUT2D eigenvalue weighted by atomic mass is 16.6. The number of aliphatic carboxylic acids is 1. The number of benzene rings is 3. The third kappa shape index (κ3) is 7.32. The summed E-state index contributed by atoms with van der Waals surface area (Å²) in [6.07, 6.45) is 1.06. The third-order valence-corrected chi connectivity index (χ3v) is 7.19. The number of anilines is 3. The fourth-order valence-electron chi connectivity index (χ4n) is 5.15. The minimum absolute atomic E-state index is 0.0409. The number of carboxylic acids is 1. The summed E-state index contributed by atoms with van der Waals surface area (Å²) in [6, 6.07) is 18.3. The van der Waals surface area contributed by atoms with Gasteiger partial charge in [0.25, 0.3) is 6.01 Å². The first kappa shape index (κ1) is 29.6. The lowest BCUT2D eigenvalue weighted by atomic mass is 9.96. The molecule has 2 heterocycles. The van der Waals surface area contributed by atoms with E-state index in [4.69, 9.17) is 9.15 Å². The van der Waals surface area contributed by atoms with Gasteiger partial charge in [0.05, 0.1) is 6.42 Å². The summed E-state index contributed by atoms with van der Waals surface area (Å²) in [6.45, 7) is 7.74. The Morgan fingerprint density at radius 1 is 1.07 bits per heavy atom. The largest absolute Gasteiger partial charge is 0.480 e. The number of hydrogen-bond donors (Lipinski definition) is 3. The van der Waals surface area contributed by atoms with Crippen LogP contribution in [0.2, 0.25) is 0 Å². The van der Waals surface area contributed by atoms with Gasteiger partial charge in [0.1, 0.15) is 17.2 Å². The summed E-state index contributed by atoms with van der Waals surface area (Å²) in [7, 11) is 0. The predicted molar refractivity (Wildman–Crippen MR) is 164 cm³/mol. The predicted octanol–water partition coefficient (Wildman–Crippen LogP) is 5.92.